The lowest BCUT2D eigenvalue weighted by molar-refractivity contribution is 0.221. The maximum Gasteiger partial charge on any atom is 0.225 e. The van der Waals surface area contributed by atoms with Crippen molar-refractivity contribution in [1.82, 2.24) is 14.9 Å². The third kappa shape index (κ3) is 6.74. The van der Waals surface area contributed by atoms with Gasteiger partial charge in [-0.05, 0) is 92.3 Å². The fraction of sp³-hybridized carbons (Fsp3) is 0.708. The Balaban J connectivity index is 1.86. The molecule has 2 saturated carbocycles. The highest BCUT2D eigenvalue weighted by molar-refractivity contribution is 5.78. The summed E-state index contributed by atoms with van der Waals surface area (Å²) in [5.74, 6) is 1.50. The summed E-state index contributed by atoms with van der Waals surface area (Å²) in [6.07, 6.45) is 12.9. The van der Waals surface area contributed by atoms with E-state index in [1.165, 1.54) is 18.4 Å². The summed E-state index contributed by atoms with van der Waals surface area (Å²) in [7, 11) is 4.35. The summed E-state index contributed by atoms with van der Waals surface area (Å²) in [6, 6.07) is 1.67. The first-order chi connectivity index (χ1) is 14.9. The van der Waals surface area contributed by atoms with Gasteiger partial charge >= 0.3 is 0 Å². The van der Waals surface area contributed by atoms with Crippen LogP contribution in [0.4, 0.5) is 17.5 Å². The molecule has 0 saturated heterocycles. The van der Waals surface area contributed by atoms with Gasteiger partial charge in [-0.25, -0.2) is 4.98 Å². The van der Waals surface area contributed by atoms with Gasteiger partial charge in [0.25, 0.3) is 0 Å². The lowest BCUT2D eigenvalue weighted by Crippen LogP contribution is -2.36. The molecule has 1 heterocycles. The summed E-state index contributed by atoms with van der Waals surface area (Å²) in [5.41, 5.74) is 9.09. The largest absolute Gasteiger partial charge is 0.365 e. The monoisotopic (exact) mass is 427 g/mol. The van der Waals surface area contributed by atoms with Crippen molar-refractivity contribution < 1.29 is 0 Å². The smallest absolute Gasteiger partial charge is 0.225 e. The number of anilines is 2. The quantitative estimate of drug-likeness (QED) is 0.551. The van der Waals surface area contributed by atoms with Crippen LogP contribution < -0.4 is 16.4 Å². The lowest BCUT2D eigenvalue weighted by Gasteiger charge is -2.33. The molecule has 1 aromatic rings. The topological polar surface area (TPSA) is 91.5 Å². The molecular weight excluding hydrogens is 386 g/mol. The average molecular weight is 428 g/mol. The zero-order chi connectivity index (χ0) is 22.4. The first-order valence-corrected chi connectivity index (χ1v) is 11.9. The molecule has 0 amide bonds. The number of hydrogen-bond donors (Lipinski definition) is 3. The molecule has 2 aliphatic rings. The fourth-order valence-electron chi connectivity index (χ4n) is 4.74. The standard InChI is InChI=1S/C24H41N7/c1-6-26-22-21(14-16(2)3)29-24(28-18-10-12-20(13-11-18)31(4)5)30-23(22)27-19-9-7-8-17(25)15-19/h6,14,17-20H,7-13,15,25H2,1-5H3,(H2,27,28,29,30). The molecule has 31 heavy (non-hydrogen) atoms. The van der Waals surface area contributed by atoms with Crippen LogP contribution >= 0.6 is 0 Å². The highest BCUT2D eigenvalue weighted by Crippen LogP contribution is 2.33. The molecule has 3 rings (SSSR count). The third-order valence-corrected chi connectivity index (χ3v) is 6.41. The predicted octanol–water partition coefficient (Wildman–Crippen LogP) is 4.59. The Morgan fingerprint density at radius 2 is 1.77 bits per heavy atom. The van der Waals surface area contributed by atoms with E-state index < -0.39 is 0 Å². The molecule has 2 aliphatic carbocycles. The highest BCUT2D eigenvalue weighted by Gasteiger charge is 2.25. The Morgan fingerprint density at radius 3 is 2.39 bits per heavy atom. The van der Waals surface area contributed by atoms with Gasteiger partial charge in [-0.15, -0.1) is 0 Å². The molecule has 2 atom stereocenters. The van der Waals surface area contributed by atoms with Crippen molar-refractivity contribution >= 4 is 29.7 Å². The Labute approximate surface area is 188 Å². The maximum atomic E-state index is 6.23. The van der Waals surface area contributed by atoms with Gasteiger partial charge in [-0.2, -0.15) is 4.98 Å². The summed E-state index contributed by atoms with van der Waals surface area (Å²) >= 11 is 0. The molecule has 0 bridgehead atoms. The van der Waals surface area contributed by atoms with Crippen molar-refractivity contribution in [3.63, 3.8) is 0 Å². The van der Waals surface area contributed by atoms with Crippen LogP contribution in [0.25, 0.3) is 6.08 Å². The van der Waals surface area contributed by atoms with Crippen LogP contribution in [0.15, 0.2) is 10.6 Å². The van der Waals surface area contributed by atoms with Gasteiger partial charge in [0, 0.05) is 30.4 Å². The van der Waals surface area contributed by atoms with E-state index in [-0.39, 0.29) is 6.04 Å². The first kappa shape index (κ1) is 23.7. The number of rotatable bonds is 7. The molecule has 172 valence electrons. The molecular formula is C24H41N7. The Hall–Kier alpha value is -1.99. The van der Waals surface area contributed by atoms with Crippen molar-refractivity contribution in [3.8, 4) is 0 Å². The second-order valence-corrected chi connectivity index (χ2v) is 9.62. The van der Waals surface area contributed by atoms with Gasteiger partial charge in [0.1, 0.15) is 5.69 Å². The van der Waals surface area contributed by atoms with Crippen LogP contribution in [0.1, 0.15) is 77.8 Å². The van der Waals surface area contributed by atoms with Crippen molar-refractivity contribution in [2.75, 3.05) is 24.7 Å². The minimum Gasteiger partial charge on any atom is -0.365 e. The molecule has 7 heteroatoms. The lowest BCUT2D eigenvalue weighted by atomic mass is 9.90. The first-order valence-electron chi connectivity index (χ1n) is 11.9. The summed E-state index contributed by atoms with van der Waals surface area (Å²) < 4.78 is 0. The average Bonchev–Trinajstić information content (AvgIpc) is 2.70. The van der Waals surface area contributed by atoms with E-state index in [1.807, 2.05) is 13.1 Å². The van der Waals surface area contributed by atoms with Crippen LogP contribution in [-0.4, -0.2) is 59.3 Å². The fourth-order valence-corrected chi connectivity index (χ4v) is 4.74. The Bertz CT molecular complexity index is 774. The van der Waals surface area contributed by atoms with Crippen molar-refractivity contribution in [1.29, 1.82) is 0 Å². The summed E-state index contributed by atoms with van der Waals surface area (Å²) in [6.45, 7) is 6.11. The second-order valence-electron chi connectivity index (χ2n) is 9.62. The van der Waals surface area contributed by atoms with Crippen LogP contribution in [0, 0.1) is 0 Å². The second kappa shape index (κ2) is 11.0. The van der Waals surface area contributed by atoms with Gasteiger partial charge in [0.05, 0.1) is 5.69 Å². The Kier molecular flexibility index (Phi) is 8.43. The minimum absolute atomic E-state index is 0.257. The van der Waals surface area contributed by atoms with E-state index in [2.05, 4.69) is 54.5 Å². The van der Waals surface area contributed by atoms with Gasteiger partial charge in [0.15, 0.2) is 5.82 Å². The third-order valence-electron chi connectivity index (χ3n) is 6.41. The molecule has 7 nitrogen and oxygen atoms in total. The zero-order valence-electron chi connectivity index (χ0n) is 20.0. The van der Waals surface area contributed by atoms with Gasteiger partial charge in [-0.3, -0.25) is 4.99 Å². The predicted molar refractivity (Wildman–Crippen MR) is 132 cm³/mol. The Morgan fingerprint density at radius 1 is 1.03 bits per heavy atom. The van der Waals surface area contributed by atoms with Gasteiger partial charge in [-0.1, -0.05) is 5.57 Å². The molecule has 0 aliphatic heterocycles. The van der Waals surface area contributed by atoms with Crippen molar-refractivity contribution in [2.45, 2.75) is 96.3 Å². The highest BCUT2D eigenvalue weighted by atomic mass is 15.2. The number of aliphatic imine (C=N–C) groups is 1. The number of allylic oxidation sites excluding steroid dienone is 1. The molecule has 0 radical (unpaired) electrons. The van der Waals surface area contributed by atoms with Gasteiger partial charge < -0.3 is 21.3 Å². The number of aromatic nitrogens is 2. The van der Waals surface area contributed by atoms with Crippen molar-refractivity contribution in [2.24, 2.45) is 10.7 Å². The van der Waals surface area contributed by atoms with E-state index >= 15 is 0 Å². The van der Waals surface area contributed by atoms with E-state index in [0.717, 1.165) is 55.7 Å². The molecule has 1 aromatic heterocycles. The van der Waals surface area contributed by atoms with Crippen LogP contribution in [0.3, 0.4) is 0 Å². The molecule has 0 aromatic carbocycles. The van der Waals surface area contributed by atoms with E-state index in [1.54, 1.807) is 0 Å². The van der Waals surface area contributed by atoms with Crippen LogP contribution in [0.2, 0.25) is 0 Å². The van der Waals surface area contributed by atoms with Crippen LogP contribution in [0.5, 0.6) is 0 Å². The SMILES string of the molecule is CC=Nc1c(C=C(C)C)nc(NC2CCC(N(C)C)CC2)nc1NC1CCCC(N)C1. The van der Waals surface area contributed by atoms with E-state index in [9.17, 15) is 0 Å². The van der Waals surface area contributed by atoms with Crippen LogP contribution in [-0.2, 0) is 0 Å². The normalized spacial score (nSPS) is 26.8. The zero-order valence-corrected chi connectivity index (χ0v) is 20.0. The minimum atomic E-state index is 0.257. The summed E-state index contributed by atoms with van der Waals surface area (Å²) in [5, 5.41) is 7.28. The number of nitrogens with one attached hydrogen (secondary N) is 2. The molecule has 2 fully saturated rings. The molecule has 0 spiro atoms. The van der Waals surface area contributed by atoms with E-state index in [4.69, 9.17) is 15.7 Å². The van der Waals surface area contributed by atoms with Gasteiger partial charge in [0.2, 0.25) is 5.95 Å². The molecule has 4 N–H and O–H groups in total. The number of nitrogens with two attached hydrogens (primary N) is 1. The number of hydrogen-bond acceptors (Lipinski definition) is 7. The number of nitrogens with zero attached hydrogens (tertiary/aromatic N) is 4. The summed E-state index contributed by atoms with van der Waals surface area (Å²) in [4.78, 5) is 16.7. The molecule has 2 unspecified atom stereocenters. The van der Waals surface area contributed by atoms with Crippen molar-refractivity contribution in [3.05, 3.63) is 11.3 Å². The van der Waals surface area contributed by atoms with E-state index in [0.29, 0.717) is 24.1 Å². The maximum absolute atomic E-state index is 6.23.